The average Bonchev–Trinajstić information content (AvgIpc) is 3.60. The summed E-state index contributed by atoms with van der Waals surface area (Å²) >= 11 is 0. The van der Waals surface area contributed by atoms with Crippen LogP contribution >= 0.6 is 0 Å². The number of hydrogen-bond donors (Lipinski definition) is 1. The molecule has 0 radical (unpaired) electrons. The fraction of sp³-hybridized carbons (Fsp3) is 0.486. The number of benzene rings is 2. The molecule has 2 saturated heterocycles. The lowest BCUT2D eigenvalue weighted by Crippen LogP contribution is -2.52. The van der Waals surface area contributed by atoms with Gasteiger partial charge in [-0.2, -0.15) is 0 Å². The van der Waals surface area contributed by atoms with E-state index in [-0.39, 0.29) is 24.3 Å². The fourth-order valence-electron chi connectivity index (χ4n) is 7.57. The summed E-state index contributed by atoms with van der Waals surface area (Å²) in [6.07, 6.45) is 6.47. The zero-order valence-corrected chi connectivity index (χ0v) is 25.3. The Bertz CT molecular complexity index is 1590. The van der Waals surface area contributed by atoms with Crippen molar-refractivity contribution >= 4 is 28.6 Å². The van der Waals surface area contributed by atoms with E-state index in [2.05, 4.69) is 40.5 Å². The van der Waals surface area contributed by atoms with E-state index in [9.17, 15) is 14.4 Å². The Morgan fingerprint density at radius 3 is 2.77 bits per heavy atom. The predicted molar refractivity (Wildman–Crippen MR) is 165 cm³/mol. The maximum absolute atomic E-state index is 13.0. The van der Waals surface area contributed by atoms with Crippen LogP contribution in [0.3, 0.4) is 0 Å². The summed E-state index contributed by atoms with van der Waals surface area (Å²) in [5.74, 6) is 1.05. The maximum atomic E-state index is 13.0. The van der Waals surface area contributed by atoms with Crippen molar-refractivity contribution in [2.75, 3.05) is 26.8 Å². The number of hydrogen-bond acceptors (Lipinski definition) is 7. The molecule has 4 atom stereocenters. The molecule has 0 bridgehead atoms. The van der Waals surface area contributed by atoms with Gasteiger partial charge in [-0.25, -0.2) is 0 Å². The van der Waals surface area contributed by atoms with Crippen molar-refractivity contribution in [3.8, 4) is 5.75 Å². The molecule has 3 amide bonds. The van der Waals surface area contributed by atoms with Crippen molar-refractivity contribution in [1.29, 1.82) is 0 Å². The maximum Gasteiger partial charge on any atom is 0.255 e. The minimum absolute atomic E-state index is 0.0681. The van der Waals surface area contributed by atoms with E-state index in [0.29, 0.717) is 30.4 Å². The van der Waals surface area contributed by atoms with E-state index in [1.165, 1.54) is 35.9 Å². The van der Waals surface area contributed by atoms with Crippen LogP contribution in [0.5, 0.6) is 5.75 Å². The van der Waals surface area contributed by atoms with Gasteiger partial charge in [0.1, 0.15) is 17.9 Å². The number of carbonyl (C=O) groups excluding carboxylic acids is 3. The summed E-state index contributed by atoms with van der Waals surface area (Å²) in [5.41, 5.74) is 5.01. The summed E-state index contributed by atoms with van der Waals surface area (Å²) in [7, 11) is 1.80. The van der Waals surface area contributed by atoms with E-state index in [4.69, 9.17) is 14.5 Å². The Kier molecular flexibility index (Phi) is 8.08. The molecule has 9 heteroatoms. The molecule has 1 aromatic heterocycles. The molecule has 1 aliphatic carbocycles. The van der Waals surface area contributed by atoms with E-state index >= 15 is 0 Å². The van der Waals surface area contributed by atoms with Crippen LogP contribution in [0.1, 0.15) is 78.0 Å². The number of aromatic nitrogens is 1. The molecule has 4 aliphatic rings. The molecule has 4 heterocycles. The van der Waals surface area contributed by atoms with Gasteiger partial charge in [-0.3, -0.25) is 29.6 Å². The zero-order chi connectivity index (χ0) is 30.2. The van der Waals surface area contributed by atoms with Crippen LogP contribution in [0.25, 0.3) is 10.9 Å². The molecule has 7 rings (SSSR count). The van der Waals surface area contributed by atoms with E-state index in [1.807, 2.05) is 12.1 Å². The molecule has 3 aromatic rings. The minimum Gasteiger partial charge on any atom is -0.489 e. The molecule has 3 fully saturated rings. The van der Waals surface area contributed by atoms with Gasteiger partial charge in [0, 0.05) is 68.9 Å². The SMILES string of the molecule is COC[C@H]1CCC[C@H](c2ccc3cc(CN4CCC(Oc5ccc6c(c5)CN(C5CCC(=O)NC5=O)C6=O)C4)ccc3n2)C1. The zero-order valence-electron chi connectivity index (χ0n) is 25.3. The van der Waals surface area contributed by atoms with Crippen molar-refractivity contribution in [2.24, 2.45) is 5.92 Å². The second-order valence-electron chi connectivity index (χ2n) is 12.9. The number of imide groups is 1. The molecule has 2 unspecified atom stereocenters. The second kappa shape index (κ2) is 12.3. The Morgan fingerprint density at radius 2 is 1.91 bits per heavy atom. The van der Waals surface area contributed by atoms with Crippen molar-refractivity contribution in [3.05, 3.63) is 70.9 Å². The normalized spacial score (nSPS) is 25.8. The van der Waals surface area contributed by atoms with E-state index < -0.39 is 11.9 Å². The Balaban J connectivity index is 0.947. The molecule has 0 spiro atoms. The number of amides is 3. The molecule has 9 nitrogen and oxygen atoms in total. The van der Waals surface area contributed by atoms with Crippen LogP contribution in [-0.2, 0) is 27.4 Å². The minimum atomic E-state index is -0.612. The Labute approximate surface area is 257 Å². The van der Waals surface area contributed by atoms with Gasteiger partial charge >= 0.3 is 0 Å². The van der Waals surface area contributed by atoms with Crippen molar-refractivity contribution < 1.29 is 23.9 Å². The van der Waals surface area contributed by atoms with Crippen LogP contribution in [0.15, 0.2) is 48.5 Å². The first kappa shape index (κ1) is 28.9. The Hall–Kier alpha value is -3.82. The highest BCUT2D eigenvalue weighted by Gasteiger charge is 2.39. The highest BCUT2D eigenvalue weighted by molar-refractivity contribution is 6.05. The first-order chi connectivity index (χ1) is 21.4. The summed E-state index contributed by atoms with van der Waals surface area (Å²) in [5, 5.41) is 3.54. The largest absolute Gasteiger partial charge is 0.489 e. The fourth-order valence-corrected chi connectivity index (χ4v) is 7.57. The van der Waals surface area contributed by atoms with Gasteiger partial charge in [0.25, 0.3) is 5.91 Å². The molecular weight excluding hydrogens is 556 g/mol. The molecule has 1 N–H and O–H groups in total. The second-order valence-corrected chi connectivity index (χ2v) is 12.9. The van der Waals surface area contributed by atoms with E-state index in [1.54, 1.807) is 18.1 Å². The summed E-state index contributed by atoms with van der Waals surface area (Å²) < 4.78 is 11.8. The number of ether oxygens (including phenoxy) is 2. The summed E-state index contributed by atoms with van der Waals surface area (Å²) in [6, 6.07) is 16.1. The smallest absolute Gasteiger partial charge is 0.255 e. The summed E-state index contributed by atoms with van der Waals surface area (Å²) in [6.45, 7) is 3.84. The number of carbonyl (C=O) groups is 3. The van der Waals surface area contributed by atoms with E-state index in [0.717, 1.165) is 55.9 Å². The predicted octanol–water partition coefficient (Wildman–Crippen LogP) is 4.57. The molecule has 44 heavy (non-hydrogen) atoms. The van der Waals surface area contributed by atoms with Gasteiger partial charge < -0.3 is 14.4 Å². The quantitative estimate of drug-likeness (QED) is 0.380. The van der Waals surface area contributed by atoms with Gasteiger partial charge in [-0.1, -0.05) is 18.6 Å². The average molecular weight is 597 g/mol. The molecule has 230 valence electrons. The lowest BCUT2D eigenvalue weighted by Gasteiger charge is -2.29. The summed E-state index contributed by atoms with van der Waals surface area (Å²) in [4.78, 5) is 46.0. The van der Waals surface area contributed by atoms with Crippen molar-refractivity contribution in [3.63, 3.8) is 0 Å². The van der Waals surface area contributed by atoms with Crippen molar-refractivity contribution in [2.45, 2.75) is 76.1 Å². The standard InChI is InChI=1S/C35H40N4O5/c1-43-21-23-3-2-4-24(16-23)31-10-6-25-15-22(5-9-30(25)36-31)18-38-14-13-28(20-38)44-27-7-8-29-26(17-27)19-39(35(29)42)32-11-12-33(40)37-34(32)41/h5-10,15,17,23-24,28,32H,2-4,11-14,16,18-21H2,1H3,(H,37,40,41)/t23-,24-,28?,32?/m0/s1. The number of nitrogens with zero attached hydrogens (tertiary/aromatic N) is 3. The van der Waals surface area contributed by atoms with Crippen LogP contribution in [-0.4, -0.2) is 71.5 Å². The Morgan fingerprint density at radius 1 is 1.00 bits per heavy atom. The number of piperidine rings is 1. The van der Waals surface area contributed by atoms with Crippen LogP contribution in [0, 0.1) is 5.92 Å². The number of fused-ring (bicyclic) bond motifs is 2. The third-order valence-corrected chi connectivity index (χ3v) is 9.81. The van der Waals surface area contributed by atoms with Gasteiger partial charge in [0.15, 0.2) is 0 Å². The van der Waals surface area contributed by atoms with Gasteiger partial charge in [0.2, 0.25) is 11.8 Å². The van der Waals surface area contributed by atoms with Crippen LogP contribution in [0.4, 0.5) is 0 Å². The van der Waals surface area contributed by atoms with Gasteiger partial charge in [0.05, 0.1) is 5.52 Å². The van der Waals surface area contributed by atoms with Crippen LogP contribution in [0.2, 0.25) is 0 Å². The molecule has 3 aliphatic heterocycles. The molecular formula is C35H40N4O5. The monoisotopic (exact) mass is 596 g/mol. The van der Waals surface area contributed by atoms with Crippen LogP contribution < -0.4 is 10.1 Å². The van der Waals surface area contributed by atoms with Gasteiger partial charge in [-0.15, -0.1) is 0 Å². The number of methoxy groups -OCH3 is 1. The topological polar surface area (TPSA) is 101 Å². The molecule has 1 saturated carbocycles. The lowest BCUT2D eigenvalue weighted by atomic mass is 9.80. The number of pyridine rings is 1. The first-order valence-corrected chi connectivity index (χ1v) is 16.0. The number of rotatable bonds is 8. The van der Waals surface area contributed by atoms with Gasteiger partial charge in [-0.05, 0) is 85.5 Å². The lowest BCUT2D eigenvalue weighted by molar-refractivity contribution is -0.136. The number of nitrogens with one attached hydrogen (secondary N) is 1. The third-order valence-electron chi connectivity index (χ3n) is 9.81. The molecule has 2 aromatic carbocycles. The first-order valence-electron chi connectivity index (χ1n) is 16.0. The van der Waals surface area contributed by atoms with Crippen molar-refractivity contribution in [1.82, 2.24) is 20.1 Å². The third kappa shape index (κ3) is 5.95. The highest BCUT2D eigenvalue weighted by atomic mass is 16.5. The highest BCUT2D eigenvalue weighted by Crippen LogP contribution is 2.36. The number of likely N-dealkylation sites (tertiary alicyclic amines) is 1.